The van der Waals surface area contributed by atoms with Crippen LogP contribution >= 0.6 is 0 Å². The van der Waals surface area contributed by atoms with Crippen LogP contribution in [0.3, 0.4) is 0 Å². The van der Waals surface area contributed by atoms with Gasteiger partial charge in [-0.05, 0) is 26.2 Å². The Hall–Kier alpha value is -0.570. The van der Waals surface area contributed by atoms with Crippen molar-refractivity contribution in [3.8, 4) is 0 Å². The molecule has 0 saturated carbocycles. The molecule has 0 aromatic carbocycles. The van der Waals surface area contributed by atoms with E-state index in [1.807, 2.05) is 5.01 Å². The summed E-state index contributed by atoms with van der Waals surface area (Å²) in [5.74, 6) is 0.344. The first-order valence-corrected chi connectivity index (χ1v) is 5.67. The van der Waals surface area contributed by atoms with E-state index >= 15 is 0 Å². The van der Waals surface area contributed by atoms with E-state index in [1.165, 1.54) is 0 Å². The van der Waals surface area contributed by atoms with E-state index in [0.717, 1.165) is 32.4 Å². The van der Waals surface area contributed by atoms with Crippen molar-refractivity contribution in [2.24, 2.45) is 5.41 Å². The second-order valence-electron chi connectivity index (χ2n) is 4.91. The predicted molar refractivity (Wildman–Crippen MR) is 55.5 cm³/mol. The maximum absolute atomic E-state index is 12.3. The third-order valence-electron chi connectivity index (χ3n) is 3.95. The number of carbonyl (C=O) groups is 1. The van der Waals surface area contributed by atoms with E-state index in [9.17, 15) is 4.79 Å². The van der Waals surface area contributed by atoms with Crippen LogP contribution in [-0.4, -0.2) is 35.1 Å². The molecule has 14 heavy (non-hydrogen) atoms. The highest BCUT2D eigenvalue weighted by atomic mass is 16.2. The Bertz CT molecular complexity index is 254. The Balaban J connectivity index is 2.22. The number of hydrogen-bond acceptors (Lipinski definition) is 2. The monoisotopic (exact) mass is 196 g/mol. The van der Waals surface area contributed by atoms with Gasteiger partial charge >= 0.3 is 0 Å². The van der Waals surface area contributed by atoms with Crippen molar-refractivity contribution in [2.75, 3.05) is 13.1 Å². The highest BCUT2D eigenvalue weighted by Gasteiger charge is 2.45. The molecule has 0 aromatic heterocycles. The SMILES string of the molecule is CCC1(C)CCN2CCC(C)N2C1=O. The molecule has 0 radical (unpaired) electrons. The molecular formula is C11H20N2O. The molecule has 0 bridgehead atoms. The molecular weight excluding hydrogens is 176 g/mol. The number of hydrogen-bond donors (Lipinski definition) is 0. The predicted octanol–water partition coefficient (Wildman–Crippen LogP) is 1.64. The van der Waals surface area contributed by atoms with Gasteiger partial charge < -0.3 is 0 Å². The van der Waals surface area contributed by atoms with Crippen LogP contribution in [-0.2, 0) is 4.79 Å². The zero-order valence-corrected chi connectivity index (χ0v) is 9.42. The van der Waals surface area contributed by atoms with Crippen molar-refractivity contribution in [2.45, 2.75) is 46.1 Å². The second-order valence-corrected chi connectivity index (χ2v) is 4.91. The fraction of sp³-hybridized carbons (Fsp3) is 0.909. The van der Waals surface area contributed by atoms with Gasteiger partial charge in [0.15, 0.2) is 0 Å². The number of amides is 1. The lowest BCUT2D eigenvalue weighted by atomic mass is 9.81. The standard InChI is InChI=1S/C11H20N2O/c1-4-11(3)6-8-12-7-5-9(2)13(12)10(11)14/h9H,4-8H2,1-3H3. The van der Waals surface area contributed by atoms with E-state index in [1.54, 1.807) is 0 Å². The lowest BCUT2D eigenvalue weighted by Gasteiger charge is -2.44. The molecule has 2 unspecified atom stereocenters. The quantitative estimate of drug-likeness (QED) is 0.636. The van der Waals surface area contributed by atoms with Crippen LogP contribution in [0.2, 0.25) is 0 Å². The third kappa shape index (κ3) is 1.26. The van der Waals surface area contributed by atoms with Gasteiger partial charge in [-0.1, -0.05) is 13.8 Å². The zero-order valence-electron chi connectivity index (χ0n) is 9.42. The highest BCUT2D eigenvalue weighted by Crippen LogP contribution is 2.37. The largest absolute Gasteiger partial charge is 0.273 e. The summed E-state index contributed by atoms with van der Waals surface area (Å²) in [6.45, 7) is 8.50. The lowest BCUT2D eigenvalue weighted by Crippen LogP contribution is -2.56. The van der Waals surface area contributed by atoms with Crippen LogP contribution in [0.5, 0.6) is 0 Å². The summed E-state index contributed by atoms with van der Waals surface area (Å²) >= 11 is 0. The first kappa shape index (κ1) is 9.97. The van der Waals surface area contributed by atoms with E-state index < -0.39 is 0 Å². The van der Waals surface area contributed by atoms with Gasteiger partial charge in [0.05, 0.1) is 0 Å². The maximum atomic E-state index is 12.3. The molecule has 2 heterocycles. The number of hydrazine groups is 1. The molecule has 2 fully saturated rings. The molecule has 2 aliphatic heterocycles. The topological polar surface area (TPSA) is 23.6 Å². The molecule has 80 valence electrons. The third-order valence-corrected chi connectivity index (χ3v) is 3.95. The van der Waals surface area contributed by atoms with E-state index in [0.29, 0.717) is 11.9 Å². The Morgan fingerprint density at radius 3 is 2.86 bits per heavy atom. The van der Waals surface area contributed by atoms with Crippen molar-refractivity contribution in [3.05, 3.63) is 0 Å². The van der Waals surface area contributed by atoms with Crippen LogP contribution in [0.4, 0.5) is 0 Å². The van der Waals surface area contributed by atoms with Gasteiger partial charge in [-0.25, -0.2) is 5.01 Å². The van der Waals surface area contributed by atoms with Gasteiger partial charge in [0.2, 0.25) is 5.91 Å². The van der Waals surface area contributed by atoms with Crippen molar-refractivity contribution in [1.82, 2.24) is 10.0 Å². The minimum Gasteiger partial charge on any atom is -0.273 e. The lowest BCUT2D eigenvalue weighted by molar-refractivity contribution is -0.168. The van der Waals surface area contributed by atoms with Gasteiger partial charge in [0, 0.05) is 24.5 Å². The molecule has 2 aliphatic rings. The number of fused-ring (bicyclic) bond motifs is 1. The molecule has 0 aliphatic carbocycles. The Kier molecular flexibility index (Phi) is 2.30. The summed E-state index contributed by atoms with van der Waals surface area (Å²) in [6.07, 6.45) is 3.11. The molecule has 3 heteroatoms. The van der Waals surface area contributed by atoms with E-state index in [2.05, 4.69) is 25.8 Å². The minimum absolute atomic E-state index is 0.102. The maximum Gasteiger partial charge on any atom is 0.243 e. The summed E-state index contributed by atoms with van der Waals surface area (Å²) in [4.78, 5) is 12.3. The van der Waals surface area contributed by atoms with Crippen molar-refractivity contribution < 1.29 is 4.79 Å². The molecule has 1 amide bonds. The molecule has 0 spiro atoms. The summed E-state index contributed by atoms with van der Waals surface area (Å²) in [5, 5.41) is 4.23. The average Bonchev–Trinajstić information content (AvgIpc) is 2.55. The Morgan fingerprint density at radius 2 is 2.21 bits per heavy atom. The molecule has 0 aromatic rings. The number of carbonyl (C=O) groups excluding carboxylic acids is 1. The van der Waals surface area contributed by atoms with Crippen molar-refractivity contribution in [1.29, 1.82) is 0 Å². The van der Waals surface area contributed by atoms with Crippen molar-refractivity contribution >= 4 is 5.91 Å². The number of nitrogens with zero attached hydrogens (tertiary/aromatic N) is 2. The van der Waals surface area contributed by atoms with Crippen LogP contribution in [0.25, 0.3) is 0 Å². The molecule has 0 N–H and O–H groups in total. The normalized spacial score (nSPS) is 38.9. The van der Waals surface area contributed by atoms with Gasteiger partial charge in [0.1, 0.15) is 0 Å². The Labute approximate surface area is 86.0 Å². The zero-order chi connectivity index (χ0) is 10.3. The van der Waals surface area contributed by atoms with Crippen LogP contribution in [0.15, 0.2) is 0 Å². The molecule has 2 atom stereocenters. The first-order chi connectivity index (χ1) is 6.58. The van der Waals surface area contributed by atoms with E-state index in [-0.39, 0.29) is 5.41 Å². The molecule has 2 saturated heterocycles. The average molecular weight is 196 g/mol. The first-order valence-electron chi connectivity index (χ1n) is 5.67. The second kappa shape index (κ2) is 3.23. The molecule has 2 rings (SSSR count). The van der Waals surface area contributed by atoms with Crippen LogP contribution in [0.1, 0.15) is 40.0 Å². The van der Waals surface area contributed by atoms with Gasteiger partial charge in [0.25, 0.3) is 0 Å². The molecule has 3 nitrogen and oxygen atoms in total. The van der Waals surface area contributed by atoms with Crippen molar-refractivity contribution in [3.63, 3.8) is 0 Å². The van der Waals surface area contributed by atoms with Gasteiger partial charge in [-0.3, -0.25) is 9.80 Å². The van der Waals surface area contributed by atoms with Gasteiger partial charge in [-0.15, -0.1) is 0 Å². The minimum atomic E-state index is -0.102. The smallest absolute Gasteiger partial charge is 0.243 e. The fourth-order valence-electron chi connectivity index (χ4n) is 2.48. The summed E-state index contributed by atoms with van der Waals surface area (Å²) < 4.78 is 0. The van der Waals surface area contributed by atoms with Crippen LogP contribution < -0.4 is 0 Å². The summed E-state index contributed by atoms with van der Waals surface area (Å²) in [6, 6.07) is 0.411. The summed E-state index contributed by atoms with van der Waals surface area (Å²) in [5.41, 5.74) is -0.102. The van der Waals surface area contributed by atoms with Crippen LogP contribution in [0, 0.1) is 5.41 Å². The summed E-state index contributed by atoms with van der Waals surface area (Å²) in [7, 11) is 0. The van der Waals surface area contributed by atoms with E-state index in [4.69, 9.17) is 0 Å². The highest BCUT2D eigenvalue weighted by molar-refractivity contribution is 5.83. The fourth-order valence-corrected chi connectivity index (χ4v) is 2.48. The number of rotatable bonds is 1. The van der Waals surface area contributed by atoms with Gasteiger partial charge in [-0.2, -0.15) is 0 Å². The Morgan fingerprint density at radius 1 is 1.50 bits per heavy atom.